The zero-order valence-electron chi connectivity index (χ0n) is 10.2. The number of carboxylic acids is 1. The molecule has 6 heteroatoms. The van der Waals surface area contributed by atoms with Crippen molar-refractivity contribution in [2.24, 2.45) is 5.92 Å². The second-order valence-corrected chi connectivity index (χ2v) is 4.26. The number of likely N-dealkylation sites (N-methyl/N-ethyl adjacent to an activating group) is 1. The number of carbonyl (C=O) groups excluding carboxylic acids is 1. The highest BCUT2D eigenvalue weighted by molar-refractivity contribution is 5.83. The van der Waals surface area contributed by atoms with Crippen LogP contribution in [0.25, 0.3) is 0 Å². The third-order valence-corrected chi connectivity index (χ3v) is 2.93. The number of ether oxygens (including phenoxy) is 2. The molecule has 1 heterocycles. The molecule has 1 saturated heterocycles. The first kappa shape index (κ1) is 13.9. The smallest absolute Gasteiger partial charge is 0.326 e. The minimum absolute atomic E-state index is 0.0788. The van der Waals surface area contributed by atoms with Gasteiger partial charge in [0.2, 0.25) is 5.91 Å². The van der Waals surface area contributed by atoms with E-state index in [-0.39, 0.29) is 12.5 Å². The maximum absolute atomic E-state index is 11.6. The van der Waals surface area contributed by atoms with Crippen LogP contribution in [0.3, 0.4) is 0 Å². The summed E-state index contributed by atoms with van der Waals surface area (Å²) in [6.45, 7) is 3.30. The van der Waals surface area contributed by atoms with Gasteiger partial charge in [0.05, 0.1) is 13.2 Å². The van der Waals surface area contributed by atoms with Gasteiger partial charge in [-0.25, -0.2) is 4.79 Å². The Bertz CT molecular complexity index is 275. The van der Waals surface area contributed by atoms with Gasteiger partial charge in [-0.15, -0.1) is 0 Å². The van der Waals surface area contributed by atoms with Crippen molar-refractivity contribution in [2.75, 3.05) is 33.5 Å². The molecule has 0 aromatic carbocycles. The summed E-state index contributed by atoms with van der Waals surface area (Å²) >= 11 is 0. The lowest BCUT2D eigenvalue weighted by Crippen LogP contribution is -2.42. The molecule has 0 bridgehead atoms. The first-order valence-electron chi connectivity index (χ1n) is 5.66. The monoisotopic (exact) mass is 245 g/mol. The van der Waals surface area contributed by atoms with E-state index < -0.39 is 12.0 Å². The summed E-state index contributed by atoms with van der Waals surface area (Å²) in [6.07, 6.45) is 0.954. The number of hydrogen-bond acceptors (Lipinski definition) is 4. The number of nitrogens with zero attached hydrogens (tertiary/aromatic N) is 1. The maximum atomic E-state index is 11.6. The molecule has 1 rings (SSSR count). The van der Waals surface area contributed by atoms with Crippen LogP contribution in [0.5, 0.6) is 0 Å². The van der Waals surface area contributed by atoms with Crippen LogP contribution in [0, 0.1) is 5.92 Å². The number of carboxylic acid groups (broad SMARTS) is 1. The van der Waals surface area contributed by atoms with Crippen LogP contribution in [-0.2, 0) is 19.1 Å². The third-order valence-electron chi connectivity index (χ3n) is 2.93. The normalized spacial score (nSPS) is 21.2. The van der Waals surface area contributed by atoms with E-state index in [4.69, 9.17) is 14.6 Å². The van der Waals surface area contributed by atoms with Crippen molar-refractivity contribution in [1.82, 2.24) is 4.90 Å². The summed E-state index contributed by atoms with van der Waals surface area (Å²) in [4.78, 5) is 23.4. The predicted octanol–water partition coefficient (Wildman–Crippen LogP) is -0.0290. The van der Waals surface area contributed by atoms with E-state index in [1.54, 1.807) is 0 Å². The molecular weight excluding hydrogens is 226 g/mol. The number of hydrogen-bond donors (Lipinski definition) is 1. The van der Waals surface area contributed by atoms with Gasteiger partial charge < -0.3 is 19.5 Å². The molecular formula is C11H19NO5. The van der Waals surface area contributed by atoms with Crippen LogP contribution in [0.4, 0.5) is 0 Å². The molecule has 1 amide bonds. The summed E-state index contributed by atoms with van der Waals surface area (Å²) in [5.41, 5.74) is 0. The minimum Gasteiger partial charge on any atom is -0.480 e. The molecule has 0 saturated carbocycles. The van der Waals surface area contributed by atoms with E-state index in [0.29, 0.717) is 19.1 Å². The molecule has 17 heavy (non-hydrogen) atoms. The Morgan fingerprint density at radius 2 is 2.29 bits per heavy atom. The van der Waals surface area contributed by atoms with E-state index in [1.165, 1.54) is 18.9 Å². The Morgan fingerprint density at radius 1 is 1.59 bits per heavy atom. The van der Waals surface area contributed by atoms with Crippen molar-refractivity contribution in [3.8, 4) is 0 Å². The predicted molar refractivity (Wildman–Crippen MR) is 59.6 cm³/mol. The van der Waals surface area contributed by atoms with Crippen LogP contribution in [0.15, 0.2) is 0 Å². The van der Waals surface area contributed by atoms with Gasteiger partial charge in [-0.1, -0.05) is 0 Å². The second kappa shape index (κ2) is 6.56. The molecule has 6 nitrogen and oxygen atoms in total. The topological polar surface area (TPSA) is 76.1 Å². The average molecular weight is 245 g/mol. The quantitative estimate of drug-likeness (QED) is 0.711. The van der Waals surface area contributed by atoms with Crippen LogP contribution in [0.2, 0.25) is 0 Å². The standard InChI is InChI=1S/C11H19NO5/c1-8(11(14)15)12(2)10(13)7-17-6-9-3-4-16-5-9/h8-9H,3-7H2,1-2H3,(H,14,15)/t8-,9+/m0/s1. The number of aliphatic carboxylic acids is 1. The van der Waals surface area contributed by atoms with Crippen molar-refractivity contribution in [1.29, 1.82) is 0 Å². The summed E-state index contributed by atoms with van der Waals surface area (Å²) in [6, 6.07) is -0.832. The fourth-order valence-electron chi connectivity index (χ4n) is 1.51. The maximum Gasteiger partial charge on any atom is 0.326 e. The number of amides is 1. The van der Waals surface area contributed by atoms with Crippen LogP contribution >= 0.6 is 0 Å². The summed E-state index contributed by atoms with van der Waals surface area (Å²) in [7, 11) is 1.46. The summed E-state index contributed by atoms with van der Waals surface area (Å²) < 4.78 is 10.4. The molecule has 1 aliphatic rings. The molecule has 1 aliphatic heterocycles. The van der Waals surface area contributed by atoms with Gasteiger partial charge in [-0.2, -0.15) is 0 Å². The van der Waals surface area contributed by atoms with Gasteiger partial charge in [-0.05, 0) is 13.3 Å². The molecule has 0 aromatic heterocycles. The van der Waals surface area contributed by atoms with Crippen molar-refractivity contribution >= 4 is 11.9 Å². The minimum atomic E-state index is -1.02. The van der Waals surface area contributed by atoms with Crippen LogP contribution in [-0.4, -0.2) is 61.4 Å². The zero-order valence-corrected chi connectivity index (χ0v) is 10.2. The first-order valence-corrected chi connectivity index (χ1v) is 5.66. The van der Waals surface area contributed by atoms with Crippen molar-refractivity contribution in [2.45, 2.75) is 19.4 Å². The van der Waals surface area contributed by atoms with Crippen molar-refractivity contribution < 1.29 is 24.2 Å². The molecule has 0 radical (unpaired) electrons. The molecule has 1 fully saturated rings. The van der Waals surface area contributed by atoms with Crippen molar-refractivity contribution in [3.05, 3.63) is 0 Å². The fraction of sp³-hybridized carbons (Fsp3) is 0.818. The fourth-order valence-corrected chi connectivity index (χ4v) is 1.51. The Labute approximate surface area is 100 Å². The highest BCUT2D eigenvalue weighted by Crippen LogP contribution is 2.12. The number of rotatable bonds is 6. The molecule has 0 aromatic rings. The molecule has 0 unspecified atom stereocenters. The molecule has 2 atom stereocenters. The van der Waals surface area contributed by atoms with E-state index in [2.05, 4.69) is 0 Å². The van der Waals surface area contributed by atoms with Crippen molar-refractivity contribution in [3.63, 3.8) is 0 Å². The zero-order chi connectivity index (χ0) is 12.8. The highest BCUT2D eigenvalue weighted by atomic mass is 16.5. The molecule has 0 aliphatic carbocycles. The summed E-state index contributed by atoms with van der Waals surface area (Å²) in [5.74, 6) is -0.992. The second-order valence-electron chi connectivity index (χ2n) is 4.26. The average Bonchev–Trinajstić information content (AvgIpc) is 2.79. The van der Waals surface area contributed by atoms with Gasteiger partial charge in [0, 0.05) is 19.6 Å². The van der Waals surface area contributed by atoms with Crippen LogP contribution < -0.4 is 0 Å². The lowest BCUT2D eigenvalue weighted by Gasteiger charge is -2.21. The van der Waals surface area contributed by atoms with Crippen LogP contribution in [0.1, 0.15) is 13.3 Å². The number of carbonyl (C=O) groups is 2. The van der Waals surface area contributed by atoms with Gasteiger partial charge in [0.15, 0.2) is 0 Å². The largest absolute Gasteiger partial charge is 0.480 e. The summed E-state index contributed by atoms with van der Waals surface area (Å²) in [5, 5.41) is 8.75. The Balaban J connectivity index is 2.21. The Kier molecular flexibility index (Phi) is 5.37. The van der Waals surface area contributed by atoms with E-state index in [1.807, 2.05) is 0 Å². The van der Waals surface area contributed by atoms with E-state index >= 15 is 0 Å². The molecule has 0 spiro atoms. The Hall–Kier alpha value is -1.14. The molecule has 1 N–H and O–H groups in total. The van der Waals surface area contributed by atoms with Gasteiger partial charge >= 0.3 is 5.97 Å². The van der Waals surface area contributed by atoms with E-state index in [0.717, 1.165) is 13.0 Å². The van der Waals surface area contributed by atoms with Gasteiger partial charge in [0.25, 0.3) is 0 Å². The van der Waals surface area contributed by atoms with Gasteiger partial charge in [0.1, 0.15) is 12.6 Å². The molecule has 98 valence electrons. The first-order chi connectivity index (χ1) is 8.02. The lowest BCUT2D eigenvalue weighted by molar-refractivity contribution is -0.150. The van der Waals surface area contributed by atoms with Gasteiger partial charge in [-0.3, -0.25) is 4.79 Å². The third kappa shape index (κ3) is 4.32. The SMILES string of the molecule is C[C@@H](C(=O)O)N(C)C(=O)COC[C@@H]1CCOC1. The highest BCUT2D eigenvalue weighted by Gasteiger charge is 2.22. The Morgan fingerprint density at radius 3 is 2.82 bits per heavy atom. The lowest BCUT2D eigenvalue weighted by atomic mass is 10.1. The van der Waals surface area contributed by atoms with E-state index in [9.17, 15) is 9.59 Å².